The lowest BCUT2D eigenvalue weighted by molar-refractivity contribution is -0.0582. The van der Waals surface area contributed by atoms with Crippen molar-refractivity contribution in [3.63, 3.8) is 0 Å². The molecule has 1 unspecified atom stereocenters. The van der Waals surface area contributed by atoms with E-state index in [4.69, 9.17) is 14.6 Å². The maximum Gasteiger partial charge on any atom is 0.251 e. The highest BCUT2D eigenvalue weighted by molar-refractivity contribution is 5.94. The molecule has 1 atom stereocenters. The Kier molecular flexibility index (Phi) is 5.05. The van der Waals surface area contributed by atoms with Crippen LogP contribution in [0.25, 0.3) is 0 Å². The number of ether oxygens (including phenoxy) is 2. The van der Waals surface area contributed by atoms with Crippen molar-refractivity contribution in [3.05, 3.63) is 35.6 Å². The van der Waals surface area contributed by atoms with Gasteiger partial charge in [-0.15, -0.1) is 0 Å². The fourth-order valence-electron chi connectivity index (χ4n) is 2.13. The van der Waals surface area contributed by atoms with E-state index in [1.165, 1.54) is 18.2 Å². The van der Waals surface area contributed by atoms with Crippen molar-refractivity contribution in [1.29, 1.82) is 0 Å². The molecule has 0 spiro atoms. The summed E-state index contributed by atoms with van der Waals surface area (Å²) in [5.74, 6) is -0.809. The van der Waals surface area contributed by atoms with Crippen LogP contribution < -0.4 is 5.32 Å². The Morgan fingerprint density at radius 3 is 3.05 bits per heavy atom. The number of halogens is 1. The predicted molar refractivity (Wildman–Crippen MR) is 69.9 cm³/mol. The Balaban J connectivity index is 1.94. The lowest BCUT2D eigenvalue weighted by atomic mass is 10.0. The van der Waals surface area contributed by atoms with Crippen molar-refractivity contribution < 1.29 is 23.8 Å². The summed E-state index contributed by atoms with van der Waals surface area (Å²) in [4.78, 5) is 11.9. The second-order valence-electron chi connectivity index (χ2n) is 4.75. The maximum absolute atomic E-state index is 13.1. The van der Waals surface area contributed by atoms with Gasteiger partial charge in [0.25, 0.3) is 5.91 Å². The van der Waals surface area contributed by atoms with Gasteiger partial charge in [-0.2, -0.15) is 0 Å². The van der Waals surface area contributed by atoms with E-state index in [-0.39, 0.29) is 31.2 Å². The number of carbonyl (C=O) groups excluding carboxylic acids is 1. The second kappa shape index (κ2) is 6.78. The Morgan fingerprint density at radius 2 is 2.40 bits per heavy atom. The molecule has 20 heavy (non-hydrogen) atoms. The zero-order valence-electron chi connectivity index (χ0n) is 11.1. The van der Waals surface area contributed by atoms with Crippen molar-refractivity contribution in [2.24, 2.45) is 0 Å². The molecule has 0 saturated carbocycles. The van der Waals surface area contributed by atoms with E-state index in [1.807, 2.05) is 0 Å². The molecule has 1 aromatic carbocycles. The van der Waals surface area contributed by atoms with E-state index in [0.717, 1.165) is 0 Å². The summed E-state index contributed by atoms with van der Waals surface area (Å²) < 4.78 is 23.9. The molecule has 5 nitrogen and oxygen atoms in total. The van der Waals surface area contributed by atoms with E-state index >= 15 is 0 Å². The van der Waals surface area contributed by atoms with Gasteiger partial charge in [-0.3, -0.25) is 4.79 Å². The Bertz CT molecular complexity index is 460. The molecule has 1 aliphatic heterocycles. The van der Waals surface area contributed by atoms with E-state index < -0.39 is 11.4 Å². The molecular weight excluding hydrogens is 265 g/mol. The van der Waals surface area contributed by atoms with Gasteiger partial charge in [-0.05, 0) is 18.2 Å². The number of carbonyl (C=O) groups is 1. The van der Waals surface area contributed by atoms with E-state index in [1.54, 1.807) is 6.07 Å². The minimum atomic E-state index is -0.605. The third kappa shape index (κ3) is 3.75. The van der Waals surface area contributed by atoms with Crippen molar-refractivity contribution in [2.75, 3.05) is 33.0 Å². The topological polar surface area (TPSA) is 67.8 Å². The zero-order chi connectivity index (χ0) is 14.4. The van der Waals surface area contributed by atoms with Gasteiger partial charge in [0.05, 0.1) is 19.8 Å². The van der Waals surface area contributed by atoms with Gasteiger partial charge < -0.3 is 19.9 Å². The number of benzene rings is 1. The molecule has 2 rings (SSSR count). The van der Waals surface area contributed by atoms with Gasteiger partial charge in [0, 0.05) is 25.1 Å². The van der Waals surface area contributed by atoms with Crippen molar-refractivity contribution >= 4 is 5.91 Å². The lowest BCUT2D eigenvalue weighted by Gasteiger charge is -2.27. The summed E-state index contributed by atoms with van der Waals surface area (Å²) in [5, 5.41) is 11.6. The Morgan fingerprint density at radius 1 is 1.55 bits per heavy atom. The lowest BCUT2D eigenvalue weighted by Crippen LogP contribution is -2.46. The zero-order valence-corrected chi connectivity index (χ0v) is 11.1. The van der Waals surface area contributed by atoms with Gasteiger partial charge in [-0.25, -0.2) is 4.39 Å². The number of nitrogens with one attached hydrogen (secondary N) is 1. The van der Waals surface area contributed by atoms with Crippen LogP contribution in [0.5, 0.6) is 0 Å². The predicted octanol–water partition coefficient (Wildman–Crippen LogP) is 0.723. The van der Waals surface area contributed by atoms with Gasteiger partial charge in [0.1, 0.15) is 11.4 Å². The van der Waals surface area contributed by atoms with Crippen LogP contribution in [-0.4, -0.2) is 49.6 Å². The molecule has 6 heteroatoms. The molecule has 1 aliphatic rings. The van der Waals surface area contributed by atoms with E-state index in [0.29, 0.717) is 19.6 Å². The molecule has 1 heterocycles. The van der Waals surface area contributed by atoms with Crippen LogP contribution in [0.15, 0.2) is 24.3 Å². The molecule has 110 valence electrons. The third-order valence-corrected chi connectivity index (χ3v) is 3.22. The van der Waals surface area contributed by atoms with Crippen molar-refractivity contribution in [3.8, 4) is 0 Å². The average molecular weight is 283 g/mol. The fraction of sp³-hybridized carbons (Fsp3) is 0.500. The number of rotatable bonds is 6. The summed E-state index contributed by atoms with van der Waals surface area (Å²) in [6.07, 6.45) is 0.649. The van der Waals surface area contributed by atoms with E-state index in [2.05, 4.69) is 5.32 Å². The summed E-state index contributed by atoms with van der Waals surface area (Å²) >= 11 is 0. The summed E-state index contributed by atoms with van der Waals surface area (Å²) in [6, 6.07) is 5.50. The summed E-state index contributed by atoms with van der Waals surface area (Å²) in [6.45, 7) is 1.30. The van der Waals surface area contributed by atoms with Gasteiger partial charge in [0.2, 0.25) is 0 Å². The van der Waals surface area contributed by atoms with Crippen molar-refractivity contribution in [2.45, 2.75) is 12.0 Å². The quantitative estimate of drug-likeness (QED) is 0.807. The smallest absolute Gasteiger partial charge is 0.251 e. The highest BCUT2D eigenvalue weighted by atomic mass is 19.1. The molecule has 1 aromatic rings. The van der Waals surface area contributed by atoms with Crippen LogP contribution >= 0.6 is 0 Å². The summed E-state index contributed by atoms with van der Waals surface area (Å²) in [7, 11) is 0. The minimum absolute atomic E-state index is 0.0837. The first-order valence-corrected chi connectivity index (χ1v) is 6.52. The number of aliphatic hydroxyl groups excluding tert-OH is 1. The van der Waals surface area contributed by atoms with Crippen LogP contribution in [-0.2, 0) is 9.47 Å². The second-order valence-corrected chi connectivity index (χ2v) is 4.75. The molecule has 0 radical (unpaired) electrons. The number of aliphatic hydroxyl groups is 1. The first-order chi connectivity index (χ1) is 9.65. The standard InChI is InChI=1S/C14H18FNO4/c15-12-3-1-2-11(8-12)13(18)16-9-14(20-7-5-17)4-6-19-10-14/h1-3,8,17H,4-7,9-10H2,(H,16,18). The van der Waals surface area contributed by atoms with Crippen molar-refractivity contribution in [1.82, 2.24) is 5.32 Å². The molecule has 0 aromatic heterocycles. The SMILES string of the molecule is O=C(NCC1(OCCO)CCOC1)c1cccc(F)c1. The molecule has 1 saturated heterocycles. The van der Waals surface area contributed by atoms with Crippen LogP contribution in [0.2, 0.25) is 0 Å². The summed E-state index contributed by atoms with van der Waals surface area (Å²) in [5.41, 5.74) is -0.340. The normalized spacial score (nSPS) is 21.9. The molecule has 0 aliphatic carbocycles. The molecule has 0 bridgehead atoms. The van der Waals surface area contributed by atoms with Crippen LogP contribution in [0.4, 0.5) is 4.39 Å². The van der Waals surface area contributed by atoms with E-state index in [9.17, 15) is 9.18 Å². The van der Waals surface area contributed by atoms with Crippen LogP contribution in [0, 0.1) is 5.82 Å². The Hall–Kier alpha value is -1.50. The molecule has 1 fully saturated rings. The monoisotopic (exact) mass is 283 g/mol. The Labute approximate surface area is 116 Å². The largest absolute Gasteiger partial charge is 0.394 e. The minimum Gasteiger partial charge on any atom is -0.394 e. The van der Waals surface area contributed by atoms with Gasteiger partial charge in [0.15, 0.2) is 0 Å². The average Bonchev–Trinajstić information content (AvgIpc) is 2.92. The van der Waals surface area contributed by atoms with Crippen LogP contribution in [0.1, 0.15) is 16.8 Å². The molecule has 1 amide bonds. The highest BCUT2D eigenvalue weighted by Gasteiger charge is 2.36. The fourth-order valence-corrected chi connectivity index (χ4v) is 2.13. The first-order valence-electron chi connectivity index (χ1n) is 6.52. The molecule has 2 N–H and O–H groups in total. The van der Waals surface area contributed by atoms with Gasteiger partial charge in [-0.1, -0.05) is 6.07 Å². The number of hydrogen-bond acceptors (Lipinski definition) is 4. The van der Waals surface area contributed by atoms with Gasteiger partial charge >= 0.3 is 0 Å². The maximum atomic E-state index is 13.1. The number of hydrogen-bond donors (Lipinski definition) is 2. The third-order valence-electron chi connectivity index (χ3n) is 3.22. The number of amides is 1. The molecular formula is C14H18FNO4. The van der Waals surface area contributed by atoms with Crippen LogP contribution in [0.3, 0.4) is 0 Å². The highest BCUT2D eigenvalue weighted by Crippen LogP contribution is 2.22. The first kappa shape index (κ1) is 14.9.